The Morgan fingerprint density at radius 3 is 2.72 bits per heavy atom. The highest BCUT2D eigenvalue weighted by Crippen LogP contribution is 2.28. The summed E-state index contributed by atoms with van der Waals surface area (Å²) in [6, 6.07) is 8.84. The minimum absolute atomic E-state index is 0.109. The molecule has 0 aliphatic heterocycles. The standard InChI is InChI=1S/C15H12FN5O2S2/c1-21-12(22)7-6-11(20-21)13(23)17-14-18-19-15(25-14)24-8-9-2-4-10(16)5-3-9/h2-7H,8H2,1H3,(H,17,18,23). The second-order valence-corrected chi connectivity index (χ2v) is 7.12. The van der Waals surface area contributed by atoms with E-state index in [4.69, 9.17) is 0 Å². The average molecular weight is 377 g/mol. The number of aryl methyl sites for hydroxylation is 1. The predicted molar refractivity (Wildman–Crippen MR) is 93.3 cm³/mol. The Hall–Kier alpha value is -2.59. The molecule has 0 bridgehead atoms. The fourth-order valence-electron chi connectivity index (χ4n) is 1.83. The van der Waals surface area contributed by atoms with Crippen molar-refractivity contribution in [3.8, 4) is 0 Å². The van der Waals surface area contributed by atoms with Gasteiger partial charge in [0.2, 0.25) is 5.13 Å². The van der Waals surface area contributed by atoms with Crippen LogP contribution in [0.4, 0.5) is 9.52 Å². The van der Waals surface area contributed by atoms with Crippen molar-refractivity contribution < 1.29 is 9.18 Å². The maximum absolute atomic E-state index is 12.9. The number of rotatable bonds is 5. The summed E-state index contributed by atoms with van der Waals surface area (Å²) in [5, 5.41) is 14.7. The zero-order valence-corrected chi connectivity index (χ0v) is 14.6. The molecule has 1 aromatic carbocycles. The van der Waals surface area contributed by atoms with Gasteiger partial charge in [0.1, 0.15) is 11.5 Å². The summed E-state index contributed by atoms with van der Waals surface area (Å²) in [7, 11) is 1.47. The maximum Gasteiger partial charge on any atom is 0.277 e. The average Bonchev–Trinajstić information content (AvgIpc) is 3.04. The lowest BCUT2D eigenvalue weighted by Gasteiger charge is -2.01. The van der Waals surface area contributed by atoms with E-state index in [1.54, 1.807) is 12.1 Å². The van der Waals surface area contributed by atoms with E-state index in [9.17, 15) is 14.0 Å². The molecule has 25 heavy (non-hydrogen) atoms. The van der Waals surface area contributed by atoms with Crippen molar-refractivity contribution in [3.63, 3.8) is 0 Å². The van der Waals surface area contributed by atoms with E-state index < -0.39 is 5.91 Å². The molecule has 0 spiro atoms. The summed E-state index contributed by atoms with van der Waals surface area (Å²) in [6.07, 6.45) is 0. The van der Waals surface area contributed by atoms with Gasteiger partial charge in [-0.1, -0.05) is 35.2 Å². The van der Waals surface area contributed by atoms with Gasteiger partial charge in [0.25, 0.3) is 11.5 Å². The van der Waals surface area contributed by atoms with E-state index in [-0.39, 0.29) is 17.1 Å². The Morgan fingerprint density at radius 1 is 1.24 bits per heavy atom. The van der Waals surface area contributed by atoms with E-state index in [2.05, 4.69) is 20.6 Å². The van der Waals surface area contributed by atoms with Gasteiger partial charge < -0.3 is 0 Å². The number of anilines is 1. The summed E-state index contributed by atoms with van der Waals surface area (Å²) in [6.45, 7) is 0. The normalized spacial score (nSPS) is 10.6. The molecule has 3 rings (SSSR count). The van der Waals surface area contributed by atoms with Gasteiger partial charge in [-0.2, -0.15) is 5.10 Å². The lowest BCUT2D eigenvalue weighted by Crippen LogP contribution is -2.23. The molecule has 0 atom stereocenters. The van der Waals surface area contributed by atoms with Crippen molar-refractivity contribution in [2.24, 2.45) is 7.05 Å². The van der Waals surface area contributed by atoms with Crippen LogP contribution in [0.15, 0.2) is 45.5 Å². The fourth-order valence-corrected chi connectivity index (χ4v) is 3.53. The summed E-state index contributed by atoms with van der Waals surface area (Å²) < 4.78 is 14.6. The number of nitrogens with zero attached hydrogens (tertiary/aromatic N) is 4. The monoisotopic (exact) mass is 377 g/mol. The van der Waals surface area contributed by atoms with E-state index in [1.165, 1.54) is 54.4 Å². The fraction of sp³-hybridized carbons (Fsp3) is 0.133. The number of carbonyl (C=O) groups is 1. The van der Waals surface area contributed by atoms with Crippen LogP contribution in [0.2, 0.25) is 0 Å². The highest BCUT2D eigenvalue weighted by atomic mass is 32.2. The van der Waals surface area contributed by atoms with Crippen LogP contribution < -0.4 is 10.9 Å². The first-order valence-corrected chi connectivity index (χ1v) is 8.88. The number of aromatic nitrogens is 4. The molecule has 10 heteroatoms. The molecule has 0 aliphatic carbocycles. The van der Waals surface area contributed by atoms with Crippen LogP contribution in [0, 0.1) is 5.82 Å². The van der Waals surface area contributed by atoms with Crippen LogP contribution in [-0.2, 0) is 12.8 Å². The number of carbonyl (C=O) groups excluding carboxylic acids is 1. The molecule has 1 N–H and O–H groups in total. The molecule has 0 saturated carbocycles. The first-order valence-electron chi connectivity index (χ1n) is 7.08. The van der Waals surface area contributed by atoms with Crippen molar-refractivity contribution in [3.05, 3.63) is 63.8 Å². The molecular weight excluding hydrogens is 365 g/mol. The summed E-state index contributed by atoms with van der Waals surface area (Å²) >= 11 is 2.66. The number of hydrogen-bond acceptors (Lipinski definition) is 7. The summed E-state index contributed by atoms with van der Waals surface area (Å²) in [4.78, 5) is 23.4. The van der Waals surface area contributed by atoms with Crippen LogP contribution >= 0.6 is 23.1 Å². The van der Waals surface area contributed by atoms with Crippen LogP contribution in [0.3, 0.4) is 0 Å². The van der Waals surface area contributed by atoms with Crippen LogP contribution in [0.5, 0.6) is 0 Å². The number of amides is 1. The van der Waals surface area contributed by atoms with Gasteiger partial charge in [-0.05, 0) is 23.8 Å². The Labute approximate surface area is 149 Å². The largest absolute Gasteiger partial charge is 0.295 e. The van der Waals surface area contributed by atoms with Crippen LogP contribution in [0.1, 0.15) is 16.1 Å². The molecule has 0 radical (unpaired) electrons. The van der Waals surface area contributed by atoms with E-state index in [0.717, 1.165) is 10.2 Å². The Balaban J connectivity index is 1.61. The lowest BCUT2D eigenvalue weighted by molar-refractivity contribution is 0.102. The second kappa shape index (κ2) is 7.53. The SMILES string of the molecule is Cn1nc(C(=O)Nc2nnc(SCc3ccc(F)cc3)s2)ccc1=O. The van der Waals surface area contributed by atoms with Gasteiger partial charge in [0.05, 0.1) is 0 Å². The highest BCUT2D eigenvalue weighted by molar-refractivity contribution is 8.00. The van der Waals surface area contributed by atoms with Gasteiger partial charge >= 0.3 is 0 Å². The number of nitrogens with one attached hydrogen (secondary N) is 1. The van der Waals surface area contributed by atoms with Crippen molar-refractivity contribution in [1.82, 2.24) is 20.0 Å². The molecule has 3 aromatic rings. The highest BCUT2D eigenvalue weighted by Gasteiger charge is 2.12. The molecule has 128 valence electrons. The van der Waals surface area contributed by atoms with Crippen molar-refractivity contribution in [1.29, 1.82) is 0 Å². The first-order chi connectivity index (χ1) is 12.0. The third-order valence-corrected chi connectivity index (χ3v) is 5.14. The van der Waals surface area contributed by atoms with Gasteiger partial charge in [0, 0.05) is 18.9 Å². The van der Waals surface area contributed by atoms with Crippen LogP contribution in [-0.4, -0.2) is 25.9 Å². The minimum Gasteiger partial charge on any atom is -0.295 e. The molecular formula is C15H12FN5O2S2. The second-order valence-electron chi connectivity index (χ2n) is 4.92. The van der Waals surface area contributed by atoms with Crippen molar-refractivity contribution in [2.45, 2.75) is 10.1 Å². The third kappa shape index (κ3) is 4.48. The maximum atomic E-state index is 12.9. The molecule has 0 saturated heterocycles. The molecule has 0 unspecified atom stereocenters. The lowest BCUT2D eigenvalue weighted by atomic mass is 10.2. The first kappa shape index (κ1) is 17.2. The minimum atomic E-state index is -0.471. The molecule has 0 fully saturated rings. The molecule has 2 heterocycles. The summed E-state index contributed by atoms with van der Waals surface area (Å²) in [5.74, 6) is -0.130. The zero-order chi connectivity index (χ0) is 17.8. The van der Waals surface area contributed by atoms with E-state index in [0.29, 0.717) is 15.2 Å². The topological polar surface area (TPSA) is 89.8 Å². The van der Waals surface area contributed by atoms with E-state index in [1.807, 2.05) is 0 Å². The number of thioether (sulfide) groups is 1. The third-order valence-electron chi connectivity index (χ3n) is 3.10. The molecule has 0 aliphatic rings. The summed E-state index contributed by atoms with van der Waals surface area (Å²) in [5.41, 5.74) is 0.770. The predicted octanol–water partition coefficient (Wildman–Crippen LogP) is 2.32. The smallest absolute Gasteiger partial charge is 0.277 e. The van der Waals surface area contributed by atoms with Crippen LogP contribution in [0.25, 0.3) is 0 Å². The number of benzene rings is 1. The number of halogens is 1. The van der Waals surface area contributed by atoms with Crippen molar-refractivity contribution in [2.75, 3.05) is 5.32 Å². The Kier molecular flexibility index (Phi) is 5.19. The zero-order valence-electron chi connectivity index (χ0n) is 13.0. The van der Waals surface area contributed by atoms with Gasteiger partial charge in [-0.15, -0.1) is 10.2 Å². The molecule has 1 amide bonds. The number of hydrogen-bond donors (Lipinski definition) is 1. The van der Waals surface area contributed by atoms with Gasteiger partial charge in [0.15, 0.2) is 4.34 Å². The molecule has 7 nitrogen and oxygen atoms in total. The quantitative estimate of drug-likeness (QED) is 0.542. The Bertz CT molecular complexity index is 955. The van der Waals surface area contributed by atoms with Gasteiger partial charge in [-0.3, -0.25) is 14.9 Å². The van der Waals surface area contributed by atoms with Gasteiger partial charge in [-0.25, -0.2) is 9.07 Å². The van der Waals surface area contributed by atoms with Crippen molar-refractivity contribution >= 4 is 34.1 Å². The van der Waals surface area contributed by atoms with E-state index >= 15 is 0 Å². The molecule has 2 aromatic heterocycles. The Morgan fingerprint density at radius 2 is 2.00 bits per heavy atom.